The van der Waals surface area contributed by atoms with Crippen molar-refractivity contribution in [3.8, 4) is 11.5 Å². The van der Waals surface area contributed by atoms with Crippen molar-refractivity contribution < 1.29 is 14.3 Å². The molecule has 0 radical (unpaired) electrons. The van der Waals surface area contributed by atoms with Crippen LogP contribution in [0.15, 0.2) is 42.5 Å². The van der Waals surface area contributed by atoms with E-state index >= 15 is 0 Å². The summed E-state index contributed by atoms with van der Waals surface area (Å²) in [5.41, 5.74) is 0.781. The van der Waals surface area contributed by atoms with Crippen molar-refractivity contribution >= 4 is 44.2 Å². The SMILES string of the molecule is CCOc1cccc2sc(N(CCN(CC)CC)C(=O)COc3ccc(Cl)cc3)nc12. The highest BCUT2D eigenvalue weighted by Gasteiger charge is 2.22. The number of fused-ring (bicyclic) bond motifs is 1. The maximum atomic E-state index is 13.2. The largest absolute Gasteiger partial charge is 0.492 e. The molecular formula is C23H28ClN3O3S. The molecule has 0 bridgehead atoms. The van der Waals surface area contributed by atoms with Crippen LogP contribution in [0.2, 0.25) is 5.02 Å². The lowest BCUT2D eigenvalue weighted by Gasteiger charge is -2.24. The number of thiazole rings is 1. The van der Waals surface area contributed by atoms with Crippen LogP contribution < -0.4 is 14.4 Å². The van der Waals surface area contributed by atoms with Crippen LogP contribution in [0.25, 0.3) is 10.2 Å². The zero-order valence-electron chi connectivity index (χ0n) is 18.1. The van der Waals surface area contributed by atoms with Gasteiger partial charge in [-0.1, -0.05) is 42.9 Å². The highest BCUT2D eigenvalue weighted by atomic mass is 35.5. The number of carbonyl (C=O) groups is 1. The van der Waals surface area contributed by atoms with E-state index in [2.05, 4.69) is 18.7 Å². The molecule has 0 spiro atoms. The van der Waals surface area contributed by atoms with Crippen LogP contribution in [0, 0.1) is 0 Å². The van der Waals surface area contributed by atoms with Crippen LogP contribution in [0.5, 0.6) is 11.5 Å². The molecule has 6 nitrogen and oxygen atoms in total. The van der Waals surface area contributed by atoms with Crippen LogP contribution in [0.3, 0.4) is 0 Å². The summed E-state index contributed by atoms with van der Waals surface area (Å²) in [6.45, 7) is 9.81. The van der Waals surface area contributed by atoms with Crippen molar-refractivity contribution in [2.75, 3.05) is 44.3 Å². The molecule has 31 heavy (non-hydrogen) atoms. The van der Waals surface area contributed by atoms with Gasteiger partial charge in [0.1, 0.15) is 17.0 Å². The Hall–Kier alpha value is -2.35. The van der Waals surface area contributed by atoms with Gasteiger partial charge in [0.25, 0.3) is 5.91 Å². The van der Waals surface area contributed by atoms with Gasteiger partial charge >= 0.3 is 0 Å². The molecule has 1 amide bonds. The first kappa shape index (κ1) is 23.3. The Labute approximate surface area is 192 Å². The summed E-state index contributed by atoms with van der Waals surface area (Å²) >= 11 is 7.41. The minimum absolute atomic E-state index is 0.0753. The summed E-state index contributed by atoms with van der Waals surface area (Å²) in [5.74, 6) is 1.19. The van der Waals surface area contributed by atoms with E-state index in [0.29, 0.717) is 29.1 Å². The van der Waals surface area contributed by atoms with Crippen molar-refractivity contribution in [2.45, 2.75) is 20.8 Å². The van der Waals surface area contributed by atoms with Gasteiger partial charge in [-0.3, -0.25) is 9.69 Å². The predicted molar refractivity (Wildman–Crippen MR) is 128 cm³/mol. The number of amides is 1. The molecule has 0 aliphatic heterocycles. The fraction of sp³-hybridized carbons (Fsp3) is 0.391. The third-order valence-electron chi connectivity index (χ3n) is 4.91. The fourth-order valence-corrected chi connectivity index (χ4v) is 4.31. The van der Waals surface area contributed by atoms with Crippen LogP contribution in [0.4, 0.5) is 5.13 Å². The number of hydrogen-bond donors (Lipinski definition) is 0. The van der Waals surface area contributed by atoms with Crippen molar-refractivity contribution in [3.05, 3.63) is 47.5 Å². The molecule has 0 N–H and O–H groups in total. The second-order valence-corrected chi connectivity index (χ2v) is 8.29. The van der Waals surface area contributed by atoms with E-state index in [4.69, 9.17) is 26.1 Å². The molecule has 1 heterocycles. The van der Waals surface area contributed by atoms with E-state index in [-0.39, 0.29) is 12.5 Å². The van der Waals surface area contributed by atoms with Crippen molar-refractivity contribution in [2.24, 2.45) is 0 Å². The molecule has 0 saturated carbocycles. The van der Waals surface area contributed by atoms with E-state index in [9.17, 15) is 4.79 Å². The third kappa shape index (κ3) is 6.09. The normalized spacial score (nSPS) is 11.1. The van der Waals surface area contributed by atoms with Gasteiger partial charge in [0.2, 0.25) is 0 Å². The van der Waals surface area contributed by atoms with Gasteiger partial charge in [-0.15, -0.1) is 0 Å². The molecule has 166 valence electrons. The Morgan fingerprint density at radius 1 is 1.03 bits per heavy atom. The maximum Gasteiger partial charge on any atom is 0.266 e. The third-order valence-corrected chi connectivity index (χ3v) is 6.21. The molecular weight excluding hydrogens is 434 g/mol. The molecule has 0 aliphatic carbocycles. The standard InChI is InChI=1S/C23H28ClN3O3S/c1-4-26(5-2)14-15-27(21(28)16-30-18-12-10-17(24)11-13-18)23-25-22-19(29-6-3)8-7-9-20(22)31-23/h7-13H,4-6,14-16H2,1-3H3. The first-order valence-electron chi connectivity index (χ1n) is 10.5. The van der Waals surface area contributed by atoms with Crippen molar-refractivity contribution in [1.82, 2.24) is 9.88 Å². The minimum Gasteiger partial charge on any atom is -0.492 e. The molecule has 3 rings (SSSR count). The Balaban J connectivity index is 1.83. The van der Waals surface area contributed by atoms with E-state index in [1.807, 2.05) is 25.1 Å². The molecule has 1 aromatic heterocycles. The molecule has 2 aromatic carbocycles. The van der Waals surface area contributed by atoms with Gasteiger partial charge < -0.3 is 14.4 Å². The summed E-state index contributed by atoms with van der Waals surface area (Å²) in [6, 6.07) is 12.8. The second-order valence-electron chi connectivity index (χ2n) is 6.85. The van der Waals surface area contributed by atoms with Crippen molar-refractivity contribution in [3.63, 3.8) is 0 Å². The summed E-state index contributed by atoms with van der Waals surface area (Å²) in [5, 5.41) is 1.28. The van der Waals surface area contributed by atoms with Gasteiger partial charge in [-0.25, -0.2) is 4.98 Å². The lowest BCUT2D eigenvalue weighted by molar-refractivity contribution is -0.120. The summed E-state index contributed by atoms with van der Waals surface area (Å²) in [4.78, 5) is 21.9. The fourth-order valence-electron chi connectivity index (χ4n) is 3.16. The van der Waals surface area contributed by atoms with E-state index < -0.39 is 0 Å². The summed E-state index contributed by atoms with van der Waals surface area (Å²) in [6.07, 6.45) is 0. The van der Waals surface area contributed by atoms with E-state index in [1.165, 1.54) is 11.3 Å². The number of nitrogens with zero attached hydrogens (tertiary/aromatic N) is 3. The smallest absolute Gasteiger partial charge is 0.266 e. The Kier molecular flexibility index (Phi) is 8.51. The summed E-state index contributed by atoms with van der Waals surface area (Å²) < 4.78 is 12.4. The number of rotatable bonds is 11. The topological polar surface area (TPSA) is 54.9 Å². The van der Waals surface area contributed by atoms with Gasteiger partial charge in [0.15, 0.2) is 11.7 Å². The lowest BCUT2D eigenvalue weighted by Crippen LogP contribution is -2.41. The monoisotopic (exact) mass is 461 g/mol. The van der Waals surface area contributed by atoms with Crippen LogP contribution in [-0.2, 0) is 4.79 Å². The second kappa shape index (κ2) is 11.3. The van der Waals surface area contributed by atoms with E-state index in [0.717, 1.165) is 35.6 Å². The van der Waals surface area contributed by atoms with Gasteiger partial charge in [0.05, 0.1) is 11.3 Å². The molecule has 8 heteroatoms. The number of aromatic nitrogens is 1. The first-order chi connectivity index (χ1) is 15.0. The van der Waals surface area contributed by atoms with Crippen LogP contribution >= 0.6 is 22.9 Å². The lowest BCUT2D eigenvalue weighted by atomic mass is 10.3. The number of benzene rings is 2. The van der Waals surface area contributed by atoms with E-state index in [1.54, 1.807) is 29.2 Å². The zero-order valence-corrected chi connectivity index (χ0v) is 19.7. The molecule has 0 saturated heterocycles. The van der Waals surface area contributed by atoms with Crippen molar-refractivity contribution in [1.29, 1.82) is 0 Å². The maximum absolute atomic E-state index is 13.2. The minimum atomic E-state index is -0.140. The number of likely N-dealkylation sites (N-methyl/N-ethyl adjacent to an activating group) is 1. The molecule has 0 aliphatic rings. The molecule has 0 unspecified atom stereocenters. The Morgan fingerprint density at radius 2 is 1.77 bits per heavy atom. The average Bonchev–Trinajstić information content (AvgIpc) is 3.21. The zero-order chi connectivity index (χ0) is 22.2. The number of para-hydroxylation sites is 1. The first-order valence-corrected chi connectivity index (χ1v) is 11.7. The van der Waals surface area contributed by atoms with Crippen LogP contribution in [0.1, 0.15) is 20.8 Å². The summed E-state index contributed by atoms with van der Waals surface area (Å²) in [7, 11) is 0. The number of hydrogen-bond acceptors (Lipinski definition) is 6. The quantitative estimate of drug-likeness (QED) is 0.397. The predicted octanol–water partition coefficient (Wildman–Crippen LogP) is 5.10. The number of anilines is 1. The average molecular weight is 462 g/mol. The van der Waals surface area contributed by atoms with Crippen LogP contribution in [-0.4, -0.2) is 55.2 Å². The highest BCUT2D eigenvalue weighted by Crippen LogP contribution is 2.34. The molecule has 0 fully saturated rings. The Bertz CT molecular complexity index is 989. The van der Waals surface area contributed by atoms with Gasteiger partial charge in [0, 0.05) is 18.1 Å². The van der Waals surface area contributed by atoms with Gasteiger partial charge in [-0.2, -0.15) is 0 Å². The number of ether oxygens (including phenoxy) is 2. The number of carbonyl (C=O) groups excluding carboxylic acids is 1. The Morgan fingerprint density at radius 3 is 2.45 bits per heavy atom. The van der Waals surface area contributed by atoms with Gasteiger partial charge in [-0.05, 0) is 56.4 Å². The highest BCUT2D eigenvalue weighted by molar-refractivity contribution is 7.22. The molecule has 0 atom stereocenters. The molecule has 3 aromatic rings. The number of halogens is 1.